The number of aromatic nitrogens is 1. The van der Waals surface area contributed by atoms with Crippen LogP contribution in [0.1, 0.15) is 20.7 Å². The van der Waals surface area contributed by atoms with Gasteiger partial charge in [-0.15, -0.1) is 6.58 Å². The van der Waals surface area contributed by atoms with Gasteiger partial charge in [0.05, 0.1) is 17.3 Å². The van der Waals surface area contributed by atoms with Gasteiger partial charge < -0.3 is 4.42 Å². The molecule has 2 heterocycles. The Morgan fingerprint density at radius 3 is 2.54 bits per heavy atom. The largest absolute Gasteiger partial charge is 0.463 e. The van der Waals surface area contributed by atoms with Crippen LogP contribution >= 0.6 is 0 Å². The van der Waals surface area contributed by atoms with E-state index in [0.29, 0.717) is 22.4 Å². The number of fused-ring (bicyclic) bond motifs is 1. The highest BCUT2D eigenvalue weighted by atomic mass is 32.2. The highest BCUT2D eigenvalue weighted by Crippen LogP contribution is 2.25. The third kappa shape index (κ3) is 5.10. The van der Waals surface area contributed by atoms with E-state index in [0.717, 1.165) is 18.2 Å². The Morgan fingerprint density at radius 1 is 1.03 bits per heavy atom. The van der Waals surface area contributed by atoms with Crippen LogP contribution in [0.25, 0.3) is 22.4 Å². The van der Waals surface area contributed by atoms with Gasteiger partial charge in [-0.3, -0.25) is 20.4 Å². The van der Waals surface area contributed by atoms with Crippen LogP contribution < -0.4 is 15.6 Å². The minimum atomic E-state index is -4.21. The van der Waals surface area contributed by atoms with Crippen molar-refractivity contribution in [2.45, 2.75) is 4.90 Å². The maximum atomic E-state index is 14.1. The van der Waals surface area contributed by atoms with Crippen LogP contribution in [0.15, 0.2) is 88.9 Å². The van der Waals surface area contributed by atoms with Crippen molar-refractivity contribution < 1.29 is 26.8 Å². The number of hydrogen-bond acceptors (Lipinski definition) is 6. The molecule has 2 aromatic heterocycles. The summed E-state index contributed by atoms with van der Waals surface area (Å²) in [6.45, 7) is 3.28. The van der Waals surface area contributed by atoms with Gasteiger partial charge in [0.1, 0.15) is 16.4 Å². The first-order valence-electron chi connectivity index (χ1n) is 10.2. The zero-order chi connectivity index (χ0) is 25.0. The normalized spacial score (nSPS) is 11.2. The lowest BCUT2D eigenvalue weighted by molar-refractivity contribution is 0.0847. The molecule has 2 amide bonds. The van der Waals surface area contributed by atoms with Crippen LogP contribution in [-0.4, -0.2) is 31.8 Å². The number of carbonyl (C=O) groups excluding carboxylic acids is 2. The van der Waals surface area contributed by atoms with Crippen molar-refractivity contribution in [3.8, 4) is 11.5 Å². The summed E-state index contributed by atoms with van der Waals surface area (Å²) in [5.74, 6) is -2.06. The molecular weight excluding hydrogens is 475 g/mol. The van der Waals surface area contributed by atoms with Crippen LogP contribution in [0.3, 0.4) is 0 Å². The van der Waals surface area contributed by atoms with Gasteiger partial charge >= 0.3 is 0 Å². The van der Waals surface area contributed by atoms with Crippen molar-refractivity contribution in [1.29, 1.82) is 0 Å². The molecule has 0 bridgehead atoms. The predicted molar refractivity (Wildman–Crippen MR) is 126 cm³/mol. The van der Waals surface area contributed by atoms with E-state index < -0.39 is 32.6 Å². The molecule has 178 valence electrons. The van der Waals surface area contributed by atoms with Crippen LogP contribution in [0.2, 0.25) is 0 Å². The molecule has 0 atom stereocenters. The zero-order valence-electron chi connectivity index (χ0n) is 18.1. The van der Waals surface area contributed by atoms with Gasteiger partial charge in [0.2, 0.25) is 10.0 Å². The fourth-order valence-corrected chi connectivity index (χ4v) is 4.36. The lowest BCUT2D eigenvalue weighted by atomic mass is 10.1. The number of hydrazine groups is 1. The van der Waals surface area contributed by atoms with Gasteiger partial charge in [0.15, 0.2) is 5.76 Å². The fraction of sp³-hybridized carbons (Fsp3) is 0.0417. The smallest absolute Gasteiger partial charge is 0.270 e. The molecule has 35 heavy (non-hydrogen) atoms. The van der Waals surface area contributed by atoms with Gasteiger partial charge in [-0.1, -0.05) is 24.3 Å². The Balaban J connectivity index is 1.57. The van der Waals surface area contributed by atoms with Crippen molar-refractivity contribution in [1.82, 2.24) is 20.6 Å². The summed E-state index contributed by atoms with van der Waals surface area (Å²) in [7, 11) is -4.21. The lowest BCUT2D eigenvalue weighted by Gasteiger charge is -2.12. The minimum Gasteiger partial charge on any atom is -0.463 e. The summed E-state index contributed by atoms with van der Waals surface area (Å²) >= 11 is 0. The van der Waals surface area contributed by atoms with E-state index in [1.165, 1.54) is 18.4 Å². The summed E-state index contributed by atoms with van der Waals surface area (Å²) in [6.07, 6.45) is 2.78. The Morgan fingerprint density at radius 2 is 1.80 bits per heavy atom. The van der Waals surface area contributed by atoms with Crippen molar-refractivity contribution >= 4 is 32.7 Å². The van der Waals surface area contributed by atoms with Gasteiger partial charge in [-0.2, -0.15) is 0 Å². The van der Waals surface area contributed by atoms with Gasteiger partial charge in [0.25, 0.3) is 11.8 Å². The van der Waals surface area contributed by atoms with Crippen molar-refractivity contribution in [2.24, 2.45) is 0 Å². The number of nitrogens with one attached hydrogen (secondary N) is 3. The number of pyridine rings is 1. The molecule has 0 aliphatic heterocycles. The Bertz CT molecular complexity index is 1540. The SMILES string of the molecule is C=CCNS(=O)(=O)c1cc(C(=O)NNC(=O)c2cc(-c3ccco3)nc3ccccc23)ccc1F. The molecule has 0 spiro atoms. The topological polar surface area (TPSA) is 130 Å². The molecule has 0 saturated heterocycles. The number of benzene rings is 2. The van der Waals surface area contributed by atoms with Gasteiger partial charge in [-0.05, 0) is 42.5 Å². The molecule has 0 unspecified atom stereocenters. The molecule has 0 aliphatic carbocycles. The molecule has 0 fully saturated rings. The van der Waals surface area contributed by atoms with Crippen molar-refractivity contribution in [3.63, 3.8) is 0 Å². The molecule has 0 saturated carbocycles. The first-order valence-corrected chi connectivity index (χ1v) is 11.7. The van der Waals surface area contributed by atoms with E-state index in [-0.39, 0.29) is 17.7 Å². The number of carbonyl (C=O) groups is 2. The maximum Gasteiger partial charge on any atom is 0.270 e. The van der Waals surface area contributed by atoms with Crippen molar-refractivity contribution in [2.75, 3.05) is 6.54 Å². The number of amides is 2. The second-order valence-electron chi connectivity index (χ2n) is 7.24. The fourth-order valence-electron chi connectivity index (χ4n) is 3.26. The maximum absolute atomic E-state index is 14.1. The summed E-state index contributed by atoms with van der Waals surface area (Å²) in [6, 6.07) is 14.7. The van der Waals surface area contributed by atoms with Crippen LogP contribution in [0, 0.1) is 5.82 Å². The number of furan rings is 1. The highest BCUT2D eigenvalue weighted by Gasteiger charge is 2.21. The first kappa shape index (κ1) is 23.8. The van der Waals surface area contributed by atoms with E-state index >= 15 is 0 Å². The van der Waals surface area contributed by atoms with E-state index in [1.807, 2.05) is 0 Å². The number of nitrogens with zero attached hydrogens (tertiary/aromatic N) is 1. The average Bonchev–Trinajstić information content (AvgIpc) is 3.40. The third-order valence-corrected chi connectivity index (χ3v) is 6.36. The number of para-hydroxylation sites is 1. The van der Waals surface area contributed by atoms with Crippen LogP contribution in [-0.2, 0) is 10.0 Å². The standard InChI is InChI=1S/C24H19FN4O5S/c1-2-11-26-35(32,33)22-13-15(9-10-18(22)25)23(30)28-29-24(31)17-14-20(21-8-5-12-34-21)27-19-7-4-3-6-16(17)19/h2-10,12-14,26H,1,11H2,(H,28,30)(H,29,31). The van der Waals surface area contributed by atoms with E-state index in [1.54, 1.807) is 36.4 Å². The second-order valence-corrected chi connectivity index (χ2v) is 8.98. The quantitative estimate of drug-likeness (QED) is 0.267. The summed E-state index contributed by atoms with van der Waals surface area (Å²) < 4.78 is 46.2. The summed E-state index contributed by atoms with van der Waals surface area (Å²) in [4.78, 5) is 29.3. The van der Waals surface area contributed by atoms with Crippen LogP contribution in [0.4, 0.5) is 4.39 Å². The highest BCUT2D eigenvalue weighted by molar-refractivity contribution is 7.89. The van der Waals surface area contributed by atoms with E-state index in [4.69, 9.17) is 4.42 Å². The third-order valence-electron chi connectivity index (χ3n) is 4.92. The molecule has 0 radical (unpaired) electrons. The number of hydrogen-bond donors (Lipinski definition) is 3. The Labute approximate surface area is 199 Å². The van der Waals surface area contributed by atoms with E-state index in [9.17, 15) is 22.4 Å². The predicted octanol–water partition coefficient (Wildman–Crippen LogP) is 3.17. The molecule has 4 rings (SSSR count). The first-order chi connectivity index (χ1) is 16.8. The molecule has 3 N–H and O–H groups in total. The lowest BCUT2D eigenvalue weighted by Crippen LogP contribution is -2.41. The molecular formula is C24H19FN4O5S. The Hall–Kier alpha value is -4.35. The Kier molecular flexibility index (Phi) is 6.71. The molecule has 9 nitrogen and oxygen atoms in total. The number of sulfonamides is 1. The van der Waals surface area contributed by atoms with Crippen molar-refractivity contribution in [3.05, 3.63) is 96.5 Å². The van der Waals surface area contributed by atoms with Crippen LogP contribution in [0.5, 0.6) is 0 Å². The monoisotopic (exact) mass is 494 g/mol. The van der Waals surface area contributed by atoms with E-state index in [2.05, 4.69) is 27.1 Å². The molecule has 2 aromatic carbocycles. The molecule has 4 aromatic rings. The molecule has 11 heteroatoms. The minimum absolute atomic E-state index is 0.117. The summed E-state index contributed by atoms with van der Waals surface area (Å²) in [5, 5.41) is 0.540. The molecule has 0 aliphatic rings. The zero-order valence-corrected chi connectivity index (χ0v) is 18.9. The summed E-state index contributed by atoms with van der Waals surface area (Å²) in [5.41, 5.74) is 5.52. The number of rotatable bonds is 7. The second kappa shape index (κ2) is 9.87. The van der Waals surface area contributed by atoms with Gasteiger partial charge in [-0.25, -0.2) is 22.5 Å². The number of halogens is 1. The average molecular weight is 495 g/mol. The van der Waals surface area contributed by atoms with Gasteiger partial charge in [0, 0.05) is 17.5 Å².